The van der Waals surface area contributed by atoms with E-state index in [1.54, 1.807) is 18.2 Å². The highest BCUT2D eigenvalue weighted by molar-refractivity contribution is 5.19. The maximum Gasteiger partial charge on any atom is 0.401 e. The van der Waals surface area contributed by atoms with E-state index < -0.39 is 18.8 Å². The second kappa shape index (κ2) is 4.75. The molecule has 0 saturated heterocycles. The lowest BCUT2D eigenvalue weighted by Crippen LogP contribution is -2.31. The molecule has 0 saturated carbocycles. The van der Waals surface area contributed by atoms with Crippen molar-refractivity contribution in [3.8, 4) is 6.07 Å². The van der Waals surface area contributed by atoms with Gasteiger partial charge in [-0.15, -0.1) is 0 Å². The smallest absolute Gasteiger partial charge is 0.290 e. The first kappa shape index (κ1) is 11.5. The number of hydrogen-bond acceptors (Lipinski definition) is 3. The van der Waals surface area contributed by atoms with Crippen LogP contribution < -0.4 is 5.32 Å². The molecule has 1 aromatic rings. The van der Waals surface area contributed by atoms with Crippen molar-refractivity contribution in [2.45, 2.75) is 12.2 Å². The highest BCUT2D eigenvalue weighted by Crippen LogP contribution is 2.16. The molecule has 1 unspecified atom stereocenters. The summed E-state index contributed by atoms with van der Waals surface area (Å²) in [6.45, 7) is -1.19. The molecule has 0 aliphatic carbocycles. The number of hydrogen-bond donors (Lipinski definition) is 1. The van der Waals surface area contributed by atoms with E-state index in [1.165, 1.54) is 12.4 Å². The molecular weight excluding hydrogens is 207 g/mol. The third kappa shape index (κ3) is 3.95. The van der Waals surface area contributed by atoms with Crippen LogP contribution in [0.2, 0.25) is 0 Å². The molecule has 1 rings (SSSR count). The Labute approximate surface area is 84.5 Å². The maximum absolute atomic E-state index is 11.9. The summed E-state index contributed by atoms with van der Waals surface area (Å²) in [6.07, 6.45) is -1.48. The highest BCUT2D eigenvalue weighted by Gasteiger charge is 2.28. The SMILES string of the molecule is N#CC(NCC(F)(F)F)c1cccnc1. The zero-order valence-electron chi connectivity index (χ0n) is 7.62. The van der Waals surface area contributed by atoms with Crippen LogP contribution in [0.3, 0.4) is 0 Å². The van der Waals surface area contributed by atoms with Crippen LogP contribution in [0, 0.1) is 11.3 Å². The average Bonchev–Trinajstić information content (AvgIpc) is 2.19. The largest absolute Gasteiger partial charge is 0.401 e. The molecule has 1 N–H and O–H groups in total. The van der Waals surface area contributed by atoms with Gasteiger partial charge in [-0.2, -0.15) is 18.4 Å². The van der Waals surface area contributed by atoms with Crippen molar-refractivity contribution in [3.63, 3.8) is 0 Å². The molecule has 0 bridgehead atoms. The van der Waals surface area contributed by atoms with E-state index >= 15 is 0 Å². The molecule has 1 aromatic heterocycles. The lowest BCUT2D eigenvalue weighted by molar-refractivity contribution is -0.125. The van der Waals surface area contributed by atoms with Gasteiger partial charge in [0.1, 0.15) is 6.04 Å². The number of nitrogens with one attached hydrogen (secondary N) is 1. The van der Waals surface area contributed by atoms with Crippen LogP contribution >= 0.6 is 0 Å². The fraction of sp³-hybridized carbons (Fsp3) is 0.333. The van der Waals surface area contributed by atoms with Gasteiger partial charge < -0.3 is 0 Å². The van der Waals surface area contributed by atoms with Crippen LogP contribution in [0.4, 0.5) is 13.2 Å². The van der Waals surface area contributed by atoms with Gasteiger partial charge in [0.2, 0.25) is 0 Å². The van der Waals surface area contributed by atoms with Gasteiger partial charge >= 0.3 is 6.18 Å². The van der Waals surface area contributed by atoms with Crippen LogP contribution in [0.25, 0.3) is 0 Å². The second-order valence-corrected chi connectivity index (χ2v) is 2.84. The van der Waals surface area contributed by atoms with Crippen LogP contribution in [0.1, 0.15) is 11.6 Å². The van der Waals surface area contributed by atoms with E-state index in [4.69, 9.17) is 5.26 Å². The third-order valence-electron chi connectivity index (χ3n) is 1.65. The summed E-state index contributed by atoms with van der Waals surface area (Å²) in [4.78, 5) is 3.73. The predicted molar refractivity (Wildman–Crippen MR) is 46.6 cm³/mol. The Morgan fingerprint density at radius 1 is 1.53 bits per heavy atom. The van der Waals surface area contributed by atoms with Crippen molar-refractivity contribution in [2.75, 3.05) is 6.54 Å². The van der Waals surface area contributed by atoms with Crippen LogP contribution in [-0.4, -0.2) is 17.7 Å². The minimum Gasteiger partial charge on any atom is -0.290 e. The summed E-state index contributed by atoms with van der Waals surface area (Å²) in [5, 5.41) is 10.8. The maximum atomic E-state index is 11.9. The number of nitriles is 1. The lowest BCUT2D eigenvalue weighted by Gasteiger charge is -2.12. The Morgan fingerprint density at radius 2 is 2.27 bits per heavy atom. The van der Waals surface area contributed by atoms with Gasteiger partial charge in [0.05, 0.1) is 12.6 Å². The lowest BCUT2D eigenvalue weighted by atomic mass is 10.1. The van der Waals surface area contributed by atoms with Crippen molar-refractivity contribution < 1.29 is 13.2 Å². The summed E-state index contributed by atoms with van der Waals surface area (Å²) in [5.41, 5.74) is 0.421. The molecule has 0 fully saturated rings. The molecule has 0 aromatic carbocycles. The molecule has 1 heterocycles. The molecule has 0 amide bonds. The minimum absolute atomic E-state index is 0.421. The molecule has 0 aliphatic rings. The molecule has 15 heavy (non-hydrogen) atoms. The van der Waals surface area contributed by atoms with Gasteiger partial charge in [0.25, 0.3) is 0 Å². The molecule has 0 radical (unpaired) electrons. The van der Waals surface area contributed by atoms with Crippen molar-refractivity contribution in [2.24, 2.45) is 0 Å². The first-order valence-electron chi connectivity index (χ1n) is 4.12. The van der Waals surface area contributed by atoms with Crippen molar-refractivity contribution in [3.05, 3.63) is 30.1 Å². The zero-order valence-corrected chi connectivity index (χ0v) is 7.62. The summed E-state index contributed by atoms with van der Waals surface area (Å²) in [6, 6.07) is 3.86. The number of nitrogens with zero attached hydrogens (tertiary/aromatic N) is 2. The Balaban J connectivity index is 2.63. The average molecular weight is 215 g/mol. The van der Waals surface area contributed by atoms with E-state index in [1.807, 2.05) is 0 Å². The fourth-order valence-corrected chi connectivity index (χ4v) is 1.00. The summed E-state index contributed by atoms with van der Waals surface area (Å²) in [7, 11) is 0. The van der Waals surface area contributed by atoms with Crippen molar-refractivity contribution in [1.29, 1.82) is 5.26 Å². The summed E-state index contributed by atoms with van der Waals surface area (Å²) < 4.78 is 35.6. The van der Waals surface area contributed by atoms with Crippen LogP contribution in [0.15, 0.2) is 24.5 Å². The van der Waals surface area contributed by atoms with Crippen LogP contribution in [-0.2, 0) is 0 Å². The van der Waals surface area contributed by atoms with Crippen LogP contribution in [0.5, 0.6) is 0 Å². The fourth-order valence-electron chi connectivity index (χ4n) is 1.00. The summed E-state index contributed by atoms with van der Waals surface area (Å²) in [5.74, 6) is 0. The molecular formula is C9H8F3N3. The molecule has 6 heteroatoms. The van der Waals surface area contributed by atoms with Gasteiger partial charge in [-0.1, -0.05) is 6.07 Å². The molecule has 3 nitrogen and oxygen atoms in total. The molecule has 80 valence electrons. The van der Waals surface area contributed by atoms with E-state index in [-0.39, 0.29) is 0 Å². The second-order valence-electron chi connectivity index (χ2n) is 2.84. The number of alkyl halides is 3. The van der Waals surface area contributed by atoms with Gasteiger partial charge in [0, 0.05) is 18.0 Å². The van der Waals surface area contributed by atoms with E-state index in [2.05, 4.69) is 10.3 Å². The first-order chi connectivity index (χ1) is 7.03. The van der Waals surface area contributed by atoms with Gasteiger partial charge in [-0.05, 0) is 6.07 Å². The Hall–Kier alpha value is -1.61. The monoisotopic (exact) mass is 215 g/mol. The third-order valence-corrected chi connectivity index (χ3v) is 1.65. The van der Waals surface area contributed by atoms with E-state index in [9.17, 15) is 13.2 Å². The number of rotatable bonds is 3. The predicted octanol–water partition coefficient (Wildman–Crippen LogP) is 1.80. The zero-order chi connectivity index (χ0) is 11.3. The topological polar surface area (TPSA) is 48.7 Å². The first-order valence-corrected chi connectivity index (χ1v) is 4.12. The van der Waals surface area contributed by atoms with E-state index in [0.29, 0.717) is 5.56 Å². The quantitative estimate of drug-likeness (QED) is 0.836. The standard InChI is InChI=1S/C9H8F3N3/c10-9(11,12)6-15-8(4-13)7-2-1-3-14-5-7/h1-3,5,8,15H,6H2. The Morgan fingerprint density at radius 3 is 2.73 bits per heavy atom. The van der Waals surface area contributed by atoms with Gasteiger partial charge in [0.15, 0.2) is 0 Å². The molecule has 0 spiro atoms. The summed E-state index contributed by atoms with van der Waals surface area (Å²) >= 11 is 0. The van der Waals surface area contributed by atoms with Gasteiger partial charge in [-0.25, -0.2) is 0 Å². The number of pyridine rings is 1. The van der Waals surface area contributed by atoms with E-state index in [0.717, 1.165) is 0 Å². The Bertz CT molecular complexity index is 342. The highest BCUT2D eigenvalue weighted by atomic mass is 19.4. The number of aromatic nitrogens is 1. The normalized spacial score (nSPS) is 13.2. The number of halogens is 3. The van der Waals surface area contributed by atoms with Crippen molar-refractivity contribution in [1.82, 2.24) is 10.3 Å². The van der Waals surface area contributed by atoms with Crippen molar-refractivity contribution >= 4 is 0 Å². The van der Waals surface area contributed by atoms with Gasteiger partial charge in [-0.3, -0.25) is 10.3 Å². The molecule has 0 aliphatic heterocycles. The molecule has 1 atom stereocenters. The minimum atomic E-state index is -4.32. The Kier molecular flexibility index (Phi) is 3.63.